The molecule has 3 atom stereocenters. The number of nitrogens with one attached hydrogen (secondary N) is 2. The van der Waals surface area contributed by atoms with Gasteiger partial charge < -0.3 is 10.2 Å². The molecule has 3 aromatic rings. The summed E-state index contributed by atoms with van der Waals surface area (Å²) >= 11 is 0. The molecule has 1 aliphatic heterocycles. The van der Waals surface area contributed by atoms with E-state index in [-0.39, 0.29) is 30.1 Å². The van der Waals surface area contributed by atoms with Gasteiger partial charge in [-0.25, -0.2) is 14.2 Å². The molecule has 5 rings (SSSR count). The number of carbonyl (C=O) groups is 2. The first-order valence-corrected chi connectivity index (χ1v) is 12.5. The number of likely N-dealkylation sites (tertiary alicyclic amines) is 1. The molecule has 1 aliphatic carbocycles. The number of benzene rings is 1. The predicted molar refractivity (Wildman–Crippen MR) is 134 cm³/mol. The van der Waals surface area contributed by atoms with Crippen molar-refractivity contribution in [3.63, 3.8) is 0 Å². The van der Waals surface area contributed by atoms with Crippen molar-refractivity contribution in [3.05, 3.63) is 97.8 Å². The van der Waals surface area contributed by atoms with Crippen LogP contribution in [-0.4, -0.2) is 50.0 Å². The number of aryl methyl sites for hydroxylation is 1. The van der Waals surface area contributed by atoms with E-state index in [1.807, 2.05) is 0 Å². The molecule has 2 fully saturated rings. The van der Waals surface area contributed by atoms with Gasteiger partial charge in [0.05, 0.1) is 18.3 Å². The van der Waals surface area contributed by atoms with Crippen LogP contribution in [0.15, 0.2) is 58.3 Å². The second-order valence-electron chi connectivity index (χ2n) is 9.84. The zero-order valence-electron chi connectivity index (χ0n) is 20.7. The Balaban J connectivity index is 1.39. The first-order valence-electron chi connectivity index (χ1n) is 12.5. The van der Waals surface area contributed by atoms with Gasteiger partial charge in [-0.3, -0.25) is 23.9 Å². The molecule has 3 unspecified atom stereocenters. The minimum Gasteiger partial charge on any atom is -0.342 e. The highest BCUT2D eigenvalue weighted by Gasteiger charge is 2.41. The van der Waals surface area contributed by atoms with Crippen LogP contribution >= 0.6 is 0 Å². The van der Waals surface area contributed by atoms with Crippen molar-refractivity contribution in [1.29, 1.82) is 0 Å². The normalized spacial score (nSPS) is 19.8. The Morgan fingerprint density at radius 1 is 1.16 bits per heavy atom. The van der Waals surface area contributed by atoms with Gasteiger partial charge in [-0.2, -0.15) is 4.39 Å². The number of H-pyrrole nitrogens is 1. The number of amides is 2. The van der Waals surface area contributed by atoms with Gasteiger partial charge in [0.1, 0.15) is 18.8 Å². The van der Waals surface area contributed by atoms with Gasteiger partial charge >= 0.3 is 5.69 Å². The molecule has 3 heterocycles. The highest BCUT2D eigenvalue weighted by molar-refractivity contribution is 5.88. The van der Waals surface area contributed by atoms with Crippen LogP contribution < -0.4 is 16.6 Å². The maximum atomic E-state index is 14.8. The van der Waals surface area contributed by atoms with E-state index in [9.17, 15) is 28.0 Å². The third-order valence-electron chi connectivity index (χ3n) is 7.00. The van der Waals surface area contributed by atoms with Crippen LogP contribution in [0.2, 0.25) is 0 Å². The average molecular weight is 524 g/mol. The molecule has 11 heteroatoms. The number of rotatable bonds is 7. The molecule has 2 amide bonds. The van der Waals surface area contributed by atoms with Gasteiger partial charge in [-0.15, -0.1) is 0 Å². The van der Waals surface area contributed by atoms with Crippen molar-refractivity contribution >= 4 is 11.8 Å². The van der Waals surface area contributed by atoms with Crippen LogP contribution in [0.5, 0.6) is 0 Å². The SMILES string of the molecule is Cc1cn(CC(=O)N2CC(F)CC2C(=O)NC(c2ccccc2)c2ccc(C3CC3)c(F)n2)c(=O)[nH]c1=O. The lowest BCUT2D eigenvalue weighted by Gasteiger charge is -2.27. The smallest absolute Gasteiger partial charge is 0.328 e. The van der Waals surface area contributed by atoms with Crippen molar-refractivity contribution in [2.24, 2.45) is 0 Å². The lowest BCUT2D eigenvalue weighted by molar-refractivity contribution is -0.139. The number of hydrogen-bond acceptors (Lipinski definition) is 5. The van der Waals surface area contributed by atoms with Gasteiger partial charge in [-0.05, 0) is 37.3 Å². The second-order valence-corrected chi connectivity index (χ2v) is 9.84. The minimum absolute atomic E-state index is 0.166. The van der Waals surface area contributed by atoms with E-state index in [1.165, 1.54) is 13.1 Å². The maximum Gasteiger partial charge on any atom is 0.328 e. The Morgan fingerprint density at radius 3 is 2.58 bits per heavy atom. The lowest BCUT2D eigenvalue weighted by Crippen LogP contribution is -2.48. The van der Waals surface area contributed by atoms with Gasteiger partial charge in [0.15, 0.2) is 0 Å². The molecule has 1 aromatic carbocycles. The summed E-state index contributed by atoms with van der Waals surface area (Å²) in [7, 11) is 0. The Labute approximate surface area is 216 Å². The van der Waals surface area contributed by atoms with Crippen molar-refractivity contribution < 1.29 is 18.4 Å². The third-order valence-corrected chi connectivity index (χ3v) is 7.00. The number of aromatic nitrogens is 3. The van der Waals surface area contributed by atoms with E-state index >= 15 is 0 Å². The summed E-state index contributed by atoms with van der Waals surface area (Å²) in [5, 5.41) is 2.84. The van der Waals surface area contributed by atoms with E-state index in [0.717, 1.165) is 22.3 Å². The van der Waals surface area contributed by atoms with Gasteiger partial charge in [0.25, 0.3) is 5.56 Å². The standard InChI is InChI=1S/C27H27F2N5O4/c1-15-12-33(27(38)32-25(15)36)14-22(35)34-13-18(28)11-21(34)26(37)31-23(17-5-3-2-4-6-17)20-10-9-19(16-7-8-16)24(29)30-20/h2-6,9-10,12,16,18,21,23H,7-8,11,13-14H2,1H3,(H,31,37)(H,32,36,38). The highest BCUT2D eigenvalue weighted by Crippen LogP contribution is 2.41. The zero-order chi connectivity index (χ0) is 27.0. The third kappa shape index (κ3) is 5.27. The van der Waals surface area contributed by atoms with Crippen LogP contribution in [-0.2, 0) is 16.1 Å². The Kier molecular flexibility index (Phi) is 6.92. The monoisotopic (exact) mass is 523 g/mol. The minimum atomic E-state index is -1.44. The van der Waals surface area contributed by atoms with Gasteiger partial charge in [0.2, 0.25) is 17.8 Å². The Morgan fingerprint density at radius 2 is 1.89 bits per heavy atom. The fourth-order valence-electron chi connectivity index (χ4n) is 4.81. The molecule has 9 nitrogen and oxygen atoms in total. The Bertz CT molecular complexity index is 1480. The van der Waals surface area contributed by atoms with Crippen LogP contribution in [0.25, 0.3) is 0 Å². The summed E-state index contributed by atoms with van der Waals surface area (Å²) in [5.74, 6) is -1.68. The summed E-state index contributed by atoms with van der Waals surface area (Å²) in [6, 6.07) is 10.3. The zero-order valence-corrected chi connectivity index (χ0v) is 20.7. The molecule has 2 N–H and O–H groups in total. The number of hydrogen-bond donors (Lipinski definition) is 2. The quantitative estimate of drug-likeness (QED) is 0.460. The summed E-state index contributed by atoms with van der Waals surface area (Å²) < 4.78 is 30.3. The van der Waals surface area contributed by atoms with E-state index in [2.05, 4.69) is 15.3 Å². The predicted octanol–water partition coefficient (Wildman–Crippen LogP) is 2.10. The molecule has 198 valence electrons. The van der Waals surface area contributed by atoms with Crippen LogP contribution in [0.1, 0.15) is 53.6 Å². The number of alkyl halides is 1. The summed E-state index contributed by atoms with van der Waals surface area (Å²) in [5.41, 5.74) is 0.368. The summed E-state index contributed by atoms with van der Waals surface area (Å²) in [4.78, 5) is 57.6. The Hall–Kier alpha value is -4.15. The first-order chi connectivity index (χ1) is 18.2. The largest absolute Gasteiger partial charge is 0.342 e. The highest BCUT2D eigenvalue weighted by atomic mass is 19.1. The molecular weight excluding hydrogens is 496 g/mol. The summed E-state index contributed by atoms with van der Waals surface area (Å²) in [6.07, 6.45) is 1.41. The van der Waals surface area contributed by atoms with Crippen LogP contribution in [0, 0.1) is 12.9 Å². The molecule has 38 heavy (non-hydrogen) atoms. The topological polar surface area (TPSA) is 117 Å². The number of pyridine rings is 1. The van der Waals surface area contributed by atoms with E-state index in [1.54, 1.807) is 42.5 Å². The van der Waals surface area contributed by atoms with E-state index in [0.29, 0.717) is 11.1 Å². The van der Waals surface area contributed by atoms with Crippen LogP contribution in [0.4, 0.5) is 8.78 Å². The van der Waals surface area contributed by atoms with Crippen molar-refractivity contribution in [2.75, 3.05) is 6.54 Å². The molecular formula is C27H27F2N5O4. The fourth-order valence-corrected chi connectivity index (χ4v) is 4.81. The van der Waals surface area contributed by atoms with Gasteiger partial charge in [0, 0.05) is 23.7 Å². The van der Waals surface area contributed by atoms with Crippen LogP contribution in [0.3, 0.4) is 0 Å². The molecule has 1 saturated carbocycles. The molecule has 2 aromatic heterocycles. The maximum absolute atomic E-state index is 14.8. The van der Waals surface area contributed by atoms with Crippen molar-refractivity contribution in [1.82, 2.24) is 24.8 Å². The fraction of sp³-hybridized carbons (Fsp3) is 0.370. The van der Waals surface area contributed by atoms with E-state index < -0.39 is 53.8 Å². The molecule has 2 aliphatic rings. The number of carbonyl (C=O) groups excluding carboxylic acids is 2. The van der Waals surface area contributed by atoms with E-state index in [4.69, 9.17) is 0 Å². The average Bonchev–Trinajstić information content (AvgIpc) is 3.66. The number of aromatic amines is 1. The molecule has 0 bridgehead atoms. The first kappa shape index (κ1) is 25.5. The van der Waals surface area contributed by atoms with Crippen molar-refractivity contribution in [3.8, 4) is 0 Å². The number of nitrogens with zero attached hydrogens (tertiary/aromatic N) is 3. The second kappa shape index (κ2) is 10.3. The molecule has 0 spiro atoms. The van der Waals surface area contributed by atoms with Gasteiger partial charge in [-0.1, -0.05) is 36.4 Å². The molecule has 0 radical (unpaired) electrons. The summed E-state index contributed by atoms with van der Waals surface area (Å²) in [6.45, 7) is 0.707. The van der Waals surface area contributed by atoms with Crippen molar-refractivity contribution in [2.45, 2.75) is 56.9 Å². The number of halogens is 2. The lowest BCUT2D eigenvalue weighted by atomic mass is 10.0. The molecule has 1 saturated heterocycles.